The maximum atomic E-state index is 12.4. The molecule has 0 saturated heterocycles. The number of nitrogens with zero attached hydrogens (tertiary/aromatic N) is 3. The lowest BCUT2D eigenvalue weighted by atomic mass is 9.87. The molecular formula is C17H18N4O. The molecule has 1 amide bonds. The van der Waals surface area contributed by atoms with Gasteiger partial charge in [-0.15, -0.1) is 0 Å². The maximum Gasteiger partial charge on any atom is 0.244 e. The van der Waals surface area contributed by atoms with Gasteiger partial charge in [-0.2, -0.15) is 5.26 Å². The average Bonchev–Trinajstić information content (AvgIpc) is 3.19. The van der Waals surface area contributed by atoms with Crippen molar-refractivity contribution in [2.45, 2.75) is 32.2 Å². The number of carbonyl (C=O) groups is 1. The Hall–Kier alpha value is -2.61. The van der Waals surface area contributed by atoms with E-state index in [2.05, 4.69) is 16.4 Å². The number of imidazole rings is 1. The van der Waals surface area contributed by atoms with Crippen LogP contribution in [-0.4, -0.2) is 15.5 Å². The van der Waals surface area contributed by atoms with Crippen LogP contribution in [0.1, 0.15) is 31.2 Å². The summed E-state index contributed by atoms with van der Waals surface area (Å²) in [5, 5.41) is 12.3. The van der Waals surface area contributed by atoms with E-state index in [1.165, 1.54) is 0 Å². The number of nitrogens with one attached hydrogen (secondary N) is 1. The van der Waals surface area contributed by atoms with Gasteiger partial charge in [0.2, 0.25) is 5.91 Å². The highest BCUT2D eigenvalue weighted by Gasteiger charge is 2.41. The molecule has 5 heteroatoms. The van der Waals surface area contributed by atoms with Crippen molar-refractivity contribution in [3.05, 3.63) is 48.5 Å². The Bertz CT molecular complexity index is 694. The van der Waals surface area contributed by atoms with Crippen molar-refractivity contribution in [1.29, 1.82) is 5.26 Å². The lowest BCUT2D eigenvalue weighted by Gasteiger charge is -2.19. The lowest BCUT2D eigenvalue weighted by molar-refractivity contribution is -0.122. The second-order valence-corrected chi connectivity index (χ2v) is 5.79. The van der Waals surface area contributed by atoms with E-state index in [4.69, 9.17) is 0 Å². The first kappa shape index (κ1) is 14.3. The smallest absolute Gasteiger partial charge is 0.244 e. The Balaban J connectivity index is 1.73. The van der Waals surface area contributed by atoms with Crippen LogP contribution >= 0.6 is 0 Å². The molecule has 0 atom stereocenters. The number of nitriles is 1. The van der Waals surface area contributed by atoms with Gasteiger partial charge in [-0.1, -0.05) is 25.0 Å². The van der Waals surface area contributed by atoms with Crippen molar-refractivity contribution < 1.29 is 4.79 Å². The zero-order valence-corrected chi connectivity index (χ0v) is 12.3. The van der Waals surface area contributed by atoms with E-state index in [0.29, 0.717) is 19.4 Å². The van der Waals surface area contributed by atoms with Crippen molar-refractivity contribution in [2.75, 3.05) is 5.32 Å². The first-order valence-corrected chi connectivity index (χ1v) is 7.49. The van der Waals surface area contributed by atoms with Crippen LogP contribution in [0.3, 0.4) is 0 Å². The molecule has 0 spiro atoms. The van der Waals surface area contributed by atoms with E-state index >= 15 is 0 Å². The number of hydrogen-bond donors (Lipinski definition) is 1. The number of carbonyl (C=O) groups excluding carboxylic acids is 1. The van der Waals surface area contributed by atoms with Gasteiger partial charge < -0.3 is 9.88 Å². The minimum Gasteiger partial charge on any atom is -0.333 e. The van der Waals surface area contributed by atoms with Crippen LogP contribution in [0.2, 0.25) is 0 Å². The molecular weight excluding hydrogens is 276 g/mol. The van der Waals surface area contributed by atoms with Gasteiger partial charge in [0.05, 0.1) is 12.4 Å². The van der Waals surface area contributed by atoms with Crippen LogP contribution in [0.4, 0.5) is 5.69 Å². The monoisotopic (exact) mass is 294 g/mol. The Kier molecular flexibility index (Phi) is 3.92. The van der Waals surface area contributed by atoms with Gasteiger partial charge in [-0.05, 0) is 30.5 Å². The summed E-state index contributed by atoms with van der Waals surface area (Å²) in [5.41, 5.74) is 0.970. The number of rotatable bonds is 4. The average molecular weight is 294 g/mol. The van der Waals surface area contributed by atoms with Crippen LogP contribution in [0.25, 0.3) is 0 Å². The Morgan fingerprint density at radius 1 is 1.41 bits per heavy atom. The predicted octanol–water partition coefficient (Wildman–Crippen LogP) is 2.95. The summed E-state index contributed by atoms with van der Waals surface area (Å²) in [5.74, 6) is -0.174. The fourth-order valence-electron chi connectivity index (χ4n) is 2.96. The maximum absolute atomic E-state index is 12.4. The molecule has 1 aromatic carbocycles. The van der Waals surface area contributed by atoms with Gasteiger partial charge >= 0.3 is 0 Å². The number of aromatic nitrogens is 2. The molecule has 0 bridgehead atoms. The minimum absolute atomic E-state index is 0.174. The Morgan fingerprint density at radius 2 is 2.23 bits per heavy atom. The van der Waals surface area contributed by atoms with Crippen LogP contribution in [0.15, 0.2) is 43.0 Å². The Morgan fingerprint density at radius 3 is 2.91 bits per heavy atom. The molecule has 1 fully saturated rings. The SMILES string of the molecule is N#CC1(C(=O)Nc2cccc(Cn3ccnc3)c2)CCCC1. The van der Waals surface area contributed by atoms with E-state index in [1.807, 2.05) is 35.0 Å². The van der Waals surface area contributed by atoms with Crippen LogP contribution in [-0.2, 0) is 11.3 Å². The van der Waals surface area contributed by atoms with E-state index in [0.717, 1.165) is 24.1 Å². The zero-order chi connectivity index (χ0) is 15.4. The molecule has 22 heavy (non-hydrogen) atoms. The van der Waals surface area contributed by atoms with Gasteiger partial charge in [0.15, 0.2) is 0 Å². The predicted molar refractivity (Wildman–Crippen MR) is 82.9 cm³/mol. The largest absolute Gasteiger partial charge is 0.333 e. The van der Waals surface area contributed by atoms with Gasteiger partial charge in [0.25, 0.3) is 0 Å². The van der Waals surface area contributed by atoms with Crippen molar-refractivity contribution in [3.63, 3.8) is 0 Å². The summed E-state index contributed by atoms with van der Waals surface area (Å²) < 4.78 is 1.97. The second-order valence-electron chi connectivity index (χ2n) is 5.79. The normalized spacial score (nSPS) is 16.1. The Labute approximate surface area is 129 Å². The zero-order valence-electron chi connectivity index (χ0n) is 12.3. The quantitative estimate of drug-likeness (QED) is 0.942. The second kappa shape index (κ2) is 6.02. The van der Waals surface area contributed by atoms with Gasteiger partial charge in [-0.25, -0.2) is 4.98 Å². The molecule has 0 unspecified atom stereocenters. The van der Waals surface area contributed by atoms with Crippen molar-refractivity contribution in [1.82, 2.24) is 9.55 Å². The van der Waals surface area contributed by atoms with Gasteiger partial charge in [-0.3, -0.25) is 4.79 Å². The first-order chi connectivity index (χ1) is 10.7. The van der Waals surface area contributed by atoms with Crippen LogP contribution in [0, 0.1) is 16.7 Å². The van der Waals surface area contributed by atoms with E-state index in [9.17, 15) is 10.1 Å². The van der Waals surface area contributed by atoms with E-state index in [1.54, 1.807) is 12.5 Å². The van der Waals surface area contributed by atoms with Gasteiger partial charge in [0, 0.05) is 24.6 Å². The molecule has 1 heterocycles. The fourth-order valence-corrected chi connectivity index (χ4v) is 2.96. The highest BCUT2D eigenvalue weighted by Crippen LogP contribution is 2.38. The third-order valence-electron chi connectivity index (χ3n) is 4.21. The molecule has 0 aliphatic heterocycles. The highest BCUT2D eigenvalue weighted by atomic mass is 16.2. The first-order valence-electron chi connectivity index (χ1n) is 7.49. The number of amides is 1. The third kappa shape index (κ3) is 2.86. The molecule has 1 saturated carbocycles. The summed E-state index contributed by atoms with van der Waals surface area (Å²) in [7, 11) is 0. The number of anilines is 1. The number of hydrogen-bond acceptors (Lipinski definition) is 3. The summed E-state index contributed by atoms with van der Waals surface area (Å²) in [6, 6.07) is 9.94. The standard InChI is InChI=1S/C17H18N4O/c18-12-17(6-1-2-7-17)16(22)20-15-5-3-4-14(10-15)11-21-9-8-19-13-21/h3-5,8-10,13H,1-2,6-7,11H2,(H,20,22). The summed E-state index contributed by atoms with van der Waals surface area (Å²) in [6.07, 6.45) is 8.60. The topological polar surface area (TPSA) is 70.7 Å². The van der Waals surface area contributed by atoms with Crippen LogP contribution < -0.4 is 5.32 Å². The molecule has 112 valence electrons. The molecule has 1 aliphatic carbocycles. The molecule has 2 aromatic rings. The molecule has 5 nitrogen and oxygen atoms in total. The molecule has 1 aromatic heterocycles. The summed E-state index contributed by atoms with van der Waals surface area (Å²) in [6.45, 7) is 0.701. The molecule has 0 radical (unpaired) electrons. The van der Waals surface area contributed by atoms with E-state index in [-0.39, 0.29) is 5.91 Å². The fraction of sp³-hybridized carbons (Fsp3) is 0.353. The molecule has 1 N–H and O–H groups in total. The molecule has 1 aliphatic rings. The summed E-state index contributed by atoms with van der Waals surface area (Å²) >= 11 is 0. The number of benzene rings is 1. The van der Waals surface area contributed by atoms with Crippen molar-refractivity contribution in [2.24, 2.45) is 5.41 Å². The van der Waals surface area contributed by atoms with Gasteiger partial charge in [0.1, 0.15) is 5.41 Å². The highest BCUT2D eigenvalue weighted by molar-refractivity contribution is 5.97. The minimum atomic E-state index is -0.847. The molecule has 3 rings (SSSR count). The van der Waals surface area contributed by atoms with E-state index < -0.39 is 5.41 Å². The third-order valence-corrected chi connectivity index (χ3v) is 4.21. The van der Waals surface area contributed by atoms with Crippen molar-refractivity contribution in [3.8, 4) is 6.07 Å². The lowest BCUT2D eigenvalue weighted by Crippen LogP contribution is -2.32. The summed E-state index contributed by atoms with van der Waals surface area (Å²) in [4.78, 5) is 16.5. The van der Waals surface area contributed by atoms with Crippen LogP contribution in [0.5, 0.6) is 0 Å². The van der Waals surface area contributed by atoms with Crippen molar-refractivity contribution >= 4 is 11.6 Å².